The van der Waals surface area contributed by atoms with Crippen LogP contribution < -0.4 is 0 Å². The monoisotopic (exact) mass is 153 g/mol. The molecule has 1 rings (SSSR count). The maximum Gasteiger partial charge on any atom is 0.130 e. The average Bonchev–Trinajstić information content (AvgIpc) is 1.85. The molecule has 0 aliphatic carbocycles. The molecule has 1 aromatic heterocycles. The van der Waals surface area contributed by atoms with Gasteiger partial charge in [0.2, 0.25) is 0 Å². The van der Waals surface area contributed by atoms with Gasteiger partial charge < -0.3 is 0 Å². The van der Waals surface area contributed by atoms with Gasteiger partial charge in [-0.3, -0.25) is 0 Å². The Morgan fingerprint density at radius 3 is 2.80 bits per heavy atom. The zero-order valence-electron chi connectivity index (χ0n) is 5.76. The summed E-state index contributed by atoms with van der Waals surface area (Å²) in [5.41, 5.74) is 1.93. The highest BCUT2D eigenvalue weighted by atomic mass is 35.5. The Balaban J connectivity index is 3.18. The van der Waals surface area contributed by atoms with Crippen LogP contribution in [0.25, 0.3) is 6.08 Å². The van der Waals surface area contributed by atoms with Gasteiger partial charge in [0.05, 0.1) is 5.69 Å². The number of hydrogen-bond donors (Lipinski definition) is 0. The van der Waals surface area contributed by atoms with Gasteiger partial charge in [-0.2, -0.15) is 0 Å². The summed E-state index contributed by atoms with van der Waals surface area (Å²) in [5, 5.41) is 0.523. The molecule has 1 heterocycles. The van der Waals surface area contributed by atoms with Gasteiger partial charge >= 0.3 is 0 Å². The molecule has 52 valence electrons. The second kappa shape index (κ2) is 2.84. The van der Waals surface area contributed by atoms with Gasteiger partial charge in [0.1, 0.15) is 5.15 Å². The summed E-state index contributed by atoms with van der Waals surface area (Å²) < 4.78 is 0. The average molecular weight is 154 g/mol. The normalized spacial score (nSPS) is 9.40. The molecular formula is C8H8ClN. The Kier molecular flexibility index (Phi) is 2.07. The highest BCUT2D eigenvalue weighted by Gasteiger charge is 1.92. The molecule has 0 unspecified atom stereocenters. The van der Waals surface area contributed by atoms with Gasteiger partial charge in [-0.15, -0.1) is 0 Å². The summed E-state index contributed by atoms with van der Waals surface area (Å²) in [5.74, 6) is 0. The van der Waals surface area contributed by atoms with Gasteiger partial charge in [-0.1, -0.05) is 18.2 Å². The van der Waals surface area contributed by atoms with E-state index in [1.165, 1.54) is 0 Å². The number of halogens is 1. The number of hydrogen-bond acceptors (Lipinski definition) is 1. The van der Waals surface area contributed by atoms with Crippen LogP contribution in [0.4, 0.5) is 0 Å². The molecule has 0 fully saturated rings. The molecule has 0 N–H and O–H groups in total. The molecule has 0 amide bonds. The molecule has 0 spiro atoms. The van der Waals surface area contributed by atoms with Crippen LogP contribution in [-0.4, -0.2) is 4.98 Å². The maximum absolute atomic E-state index is 5.67. The van der Waals surface area contributed by atoms with E-state index in [4.69, 9.17) is 11.6 Å². The first-order valence-electron chi connectivity index (χ1n) is 2.99. The highest BCUT2D eigenvalue weighted by Crippen LogP contribution is 2.09. The van der Waals surface area contributed by atoms with Gasteiger partial charge in [0.25, 0.3) is 0 Å². The Hall–Kier alpha value is -0.820. The van der Waals surface area contributed by atoms with E-state index >= 15 is 0 Å². The lowest BCUT2D eigenvalue weighted by Crippen LogP contribution is -1.82. The van der Waals surface area contributed by atoms with E-state index in [-0.39, 0.29) is 0 Å². The molecule has 0 radical (unpaired) electrons. The Morgan fingerprint density at radius 2 is 2.30 bits per heavy atom. The minimum Gasteiger partial charge on any atom is -0.237 e. The predicted molar refractivity (Wildman–Crippen MR) is 44.1 cm³/mol. The lowest BCUT2D eigenvalue weighted by Gasteiger charge is -1.95. The molecule has 0 bridgehead atoms. The van der Waals surface area contributed by atoms with E-state index < -0.39 is 0 Å². The van der Waals surface area contributed by atoms with E-state index in [0.717, 1.165) is 11.3 Å². The highest BCUT2D eigenvalue weighted by molar-refractivity contribution is 6.29. The van der Waals surface area contributed by atoms with Gasteiger partial charge in [0.15, 0.2) is 0 Å². The number of aromatic nitrogens is 1. The minimum atomic E-state index is 0.523. The Bertz CT molecular complexity index is 235. The fourth-order valence-corrected chi connectivity index (χ4v) is 1.02. The summed E-state index contributed by atoms with van der Waals surface area (Å²) in [7, 11) is 0. The topological polar surface area (TPSA) is 12.9 Å². The lowest BCUT2D eigenvalue weighted by molar-refractivity contribution is 1.26. The Morgan fingerprint density at radius 1 is 1.60 bits per heavy atom. The van der Waals surface area contributed by atoms with Crippen LogP contribution in [0.1, 0.15) is 11.3 Å². The van der Waals surface area contributed by atoms with Crippen molar-refractivity contribution in [3.63, 3.8) is 0 Å². The summed E-state index contributed by atoms with van der Waals surface area (Å²) in [6, 6.07) is 3.74. The van der Waals surface area contributed by atoms with Crippen molar-refractivity contribution in [1.29, 1.82) is 0 Å². The van der Waals surface area contributed by atoms with Crippen LogP contribution in [0.5, 0.6) is 0 Å². The quantitative estimate of drug-likeness (QED) is 0.566. The fourth-order valence-electron chi connectivity index (χ4n) is 0.755. The lowest BCUT2D eigenvalue weighted by atomic mass is 10.2. The fraction of sp³-hybridized carbons (Fsp3) is 0.125. The smallest absolute Gasteiger partial charge is 0.130 e. The molecule has 1 aromatic rings. The second-order valence-corrected chi connectivity index (χ2v) is 2.48. The number of pyridine rings is 1. The molecule has 0 saturated heterocycles. The molecule has 0 aliphatic rings. The van der Waals surface area contributed by atoms with Crippen LogP contribution in [0.15, 0.2) is 18.7 Å². The summed E-state index contributed by atoms with van der Waals surface area (Å²) in [6.07, 6.45) is 1.68. The SMILES string of the molecule is C=Cc1cc(C)cc(Cl)n1. The first-order chi connectivity index (χ1) is 4.72. The standard InChI is InChI=1S/C8H8ClN/c1-3-7-4-6(2)5-8(9)10-7/h3-5H,1H2,2H3. The summed E-state index contributed by atoms with van der Waals surface area (Å²) in [6.45, 7) is 5.56. The van der Waals surface area contributed by atoms with Crippen molar-refractivity contribution in [1.82, 2.24) is 4.98 Å². The number of rotatable bonds is 1. The van der Waals surface area contributed by atoms with Gasteiger partial charge in [0, 0.05) is 0 Å². The van der Waals surface area contributed by atoms with Crippen molar-refractivity contribution in [2.24, 2.45) is 0 Å². The third-order valence-corrected chi connectivity index (χ3v) is 1.36. The van der Waals surface area contributed by atoms with E-state index in [0.29, 0.717) is 5.15 Å². The minimum absolute atomic E-state index is 0.523. The summed E-state index contributed by atoms with van der Waals surface area (Å²) in [4.78, 5) is 4.00. The first kappa shape index (κ1) is 7.29. The van der Waals surface area contributed by atoms with Crippen molar-refractivity contribution in [2.45, 2.75) is 6.92 Å². The molecule has 0 aromatic carbocycles. The third kappa shape index (κ3) is 1.58. The molecule has 10 heavy (non-hydrogen) atoms. The molecule has 0 atom stereocenters. The van der Waals surface area contributed by atoms with Crippen molar-refractivity contribution in [2.75, 3.05) is 0 Å². The number of nitrogens with zero attached hydrogens (tertiary/aromatic N) is 1. The maximum atomic E-state index is 5.67. The molecule has 0 saturated carbocycles. The zero-order chi connectivity index (χ0) is 7.56. The third-order valence-electron chi connectivity index (χ3n) is 1.17. The predicted octanol–water partition coefficient (Wildman–Crippen LogP) is 2.69. The van der Waals surface area contributed by atoms with Gasteiger partial charge in [-0.05, 0) is 30.7 Å². The molecular weight excluding hydrogens is 146 g/mol. The van der Waals surface area contributed by atoms with Crippen molar-refractivity contribution in [3.05, 3.63) is 35.1 Å². The van der Waals surface area contributed by atoms with Crippen molar-refractivity contribution < 1.29 is 0 Å². The Labute approximate surface area is 65.4 Å². The van der Waals surface area contributed by atoms with Crippen molar-refractivity contribution in [3.8, 4) is 0 Å². The largest absolute Gasteiger partial charge is 0.237 e. The molecule has 1 nitrogen and oxygen atoms in total. The number of aryl methyl sites for hydroxylation is 1. The van der Waals surface area contributed by atoms with E-state index in [2.05, 4.69) is 11.6 Å². The zero-order valence-corrected chi connectivity index (χ0v) is 6.52. The van der Waals surface area contributed by atoms with Crippen LogP contribution >= 0.6 is 11.6 Å². The van der Waals surface area contributed by atoms with Crippen molar-refractivity contribution >= 4 is 17.7 Å². The molecule has 0 aliphatic heterocycles. The second-order valence-electron chi connectivity index (χ2n) is 2.10. The van der Waals surface area contributed by atoms with E-state index in [1.54, 1.807) is 6.08 Å². The summed E-state index contributed by atoms with van der Waals surface area (Å²) >= 11 is 5.67. The first-order valence-corrected chi connectivity index (χ1v) is 3.37. The van der Waals surface area contributed by atoms with Crippen LogP contribution in [0.2, 0.25) is 5.15 Å². The molecule has 2 heteroatoms. The van der Waals surface area contributed by atoms with Crippen LogP contribution in [-0.2, 0) is 0 Å². The van der Waals surface area contributed by atoms with Crippen LogP contribution in [0, 0.1) is 6.92 Å². The van der Waals surface area contributed by atoms with E-state index in [9.17, 15) is 0 Å². The van der Waals surface area contributed by atoms with E-state index in [1.807, 2.05) is 19.1 Å². The van der Waals surface area contributed by atoms with Crippen LogP contribution in [0.3, 0.4) is 0 Å². The van der Waals surface area contributed by atoms with Gasteiger partial charge in [-0.25, -0.2) is 4.98 Å².